The summed E-state index contributed by atoms with van der Waals surface area (Å²) in [6.45, 7) is 7.82. The zero-order valence-electron chi connectivity index (χ0n) is 15.0. The number of carbonyl (C=O) groups is 2. The summed E-state index contributed by atoms with van der Waals surface area (Å²) in [6.07, 6.45) is 4.28. The first-order valence-corrected chi connectivity index (χ1v) is 9.49. The van der Waals surface area contributed by atoms with Crippen molar-refractivity contribution in [1.29, 1.82) is 0 Å². The molecule has 0 aromatic carbocycles. The van der Waals surface area contributed by atoms with Crippen molar-refractivity contribution < 1.29 is 14.7 Å². The highest BCUT2D eigenvalue weighted by molar-refractivity contribution is 5.89. The van der Waals surface area contributed by atoms with Gasteiger partial charge in [-0.3, -0.25) is 14.5 Å². The highest BCUT2D eigenvalue weighted by Gasteiger charge is 2.39. The fourth-order valence-corrected chi connectivity index (χ4v) is 4.55. The molecular formula is C18H31N3O3. The second kappa shape index (κ2) is 7.40. The molecule has 24 heavy (non-hydrogen) atoms. The minimum absolute atomic E-state index is 0.104. The maximum absolute atomic E-state index is 13.0. The van der Waals surface area contributed by atoms with E-state index >= 15 is 0 Å². The Morgan fingerprint density at radius 2 is 1.79 bits per heavy atom. The molecule has 0 unspecified atom stereocenters. The molecule has 6 nitrogen and oxygen atoms in total. The topological polar surface area (TPSA) is 64.1 Å². The second-order valence-electron chi connectivity index (χ2n) is 7.81. The molecule has 2 heterocycles. The summed E-state index contributed by atoms with van der Waals surface area (Å²) in [4.78, 5) is 31.2. The van der Waals surface area contributed by atoms with E-state index in [1.807, 2.05) is 18.7 Å². The van der Waals surface area contributed by atoms with E-state index in [2.05, 4.69) is 4.90 Å². The number of piperazine rings is 1. The number of nitrogens with zero attached hydrogens (tertiary/aromatic N) is 3. The van der Waals surface area contributed by atoms with Crippen molar-refractivity contribution in [2.24, 2.45) is 5.92 Å². The van der Waals surface area contributed by atoms with Gasteiger partial charge in [0, 0.05) is 45.2 Å². The molecule has 1 N–H and O–H groups in total. The maximum Gasteiger partial charge on any atom is 0.245 e. The molecule has 0 aromatic rings. The van der Waals surface area contributed by atoms with E-state index in [-0.39, 0.29) is 35.9 Å². The molecule has 1 aliphatic carbocycles. The van der Waals surface area contributed by atoms with Gasteiger partial charge >= 0.3 is 0 Å². The van der Waals surface area contributed by atoms with Crippen LogP contribution in [-0.4, -0.2) is 82.5 Å². The van der Waals surface area contributed by atoms with Gasteiger partial charge in [0.2, 0.25) is 11.8 Å². The van der Waals surface area contributed by atoms with Crippen molar-refractivity contribution in [2.75, 3.05) is 32.7 Å². The summed E-state index contributed by atoms with van der Waals surface area (Å²) in [5.74, 6) is 0.357. The molecular weight excluding hydrogens is 306 g/mol. The molecule has 3 aliphatic rings. The summed E-state index contributed by atoms with van der Waals surface area (Å²) in [7, 11) is 0. The Hall–Kier alpha value is -1.14. The van der Waals surface area contributed by atoms with E-state index < -0.39 is 0 Å². The third-order valence-corrected chi connectivity index (χ3v) is 5.87. The summed E-state index contributed by atoms with van der Waals surface area (Å²) in [5.41, 5.74) is 0. The molecule has 2 aliphatic heterocycles. The van der Waals surface area contributed by atoms with Crippen molar-refractivity contribution in [2.45, 2.75) is 64.1 Å². The van der Waals surface area contributed by atoms with Crippen LogP contribution in [-0.2, 0) is 9.59 Å². The Morgan fingerprint density at radius 3 is 2.29 bits per heavy atom. The Kier molecular flexibility index (Phi) is 5.45. The largest absolute Gasteiger partial charge is 0.391 e. The third-order valence-electron chi connectivity index (χ3n) is 5.87. The van der Waals surface area contributed by atoms with Gasteiger partial charge in [0.1, 0.15) is 6.04 Å². The molecule has 0 spiro atoms. The summed E-state index contributed by atoms with van der Waals surface area (Å²) >= 11 is 0. The summed E-state index contributed by atoms with van der Waals surface area (Å²) in [6, 6.07) is -0.0491. The first-order chi connectivity index (χ1) is 11.5. The van der Waals surface area contributed by atoms with Crippen LogP contribution in [0.15, 0.2) is 0 Å². The summed E-state index contributed by atoms with van der Waals surface area (Å²) < 4.78 is 0. The minimum Gasteiger partial charge on any atom is -0.391 e. The normalized spacial score (nSPS) is 30.4. The Labute approximate surface area is 144 Å². The lowest BCUT2D eigenvalue weighted by atomic mass is 10.0. The SMILES string of the molecule is CC(C)[C@H](C(=O)N1CCN([C@@H]2CCC[C@@H]2O)CC1)N1CCCC1=O. The van der Waals surface area contributed by atoms with E-state index in [1.165, 1.54) is 0 Å². The van der Waals surface area contributed by atoms with E-state index in [9.17, 15) is 14.7 Å². The van der Waals surface area contributed by atoms with Crippen LogP contribution in [0, 0.1) is 5.92 Å². The van der Waals surface area contributed by atoms with Crippen molar-refractivity contribution in [3.63, 3.8) is 0 Å². The average molecular weight is 337 g/mol. The quantitative estimate of drug-likeness (QED) is 0.820. The molecule has 3 atom stereocenters. The standard InChI is InChI=1S/C18H31N3O3/c1-13(2)17(21-8-4-7-16(21)23)18(24)20-11-9-19(10-12-20)14-5-3-6-15(14)22/h13-15,17,22H,3-12H2,1-2H3/t14-,15+,17-/m1/s1. The van der Waals surface area contributed by atoms with Gasteiger partial charge in [0.15, 0.2) is 0 Å². The van der Waals surface area contributed by atoms with Gasteiger partial charge in [-0.1, -0.05) is 13.8 Å². The Balaban J connectivity index is 1.60. The van der Waals surface area contributed by atoms with Crippen LogP contribution >= 0.6 is 0 Å². The number of amides is 2. The summed E-state index contributed by atoms with van der Waals surface area (Å²) in [5, 5.41) is 10.1. The van der Waals surface area contributed by atoms with E-state index in [1.54, 1.807) is 4.90 Å². The number of hydrogen-bond donors (Lipinski definition) is 1. The van der Waals surface area contributed by atoms with Gasteiger partial charge < -0.3 is 14.9 Å². The highest BCUT2D eigenvalue weighted by atomic mass is 16.3. The number of carbonyl (C=O) groups excluding carboxylic acids is 2. The predicted octanol–water partition coefficient (Wildman–Crippen LogP) is 0.691. The third kappa shape index (κ3) is 3.45. The number of likely N-dealkylation sites (tertiary alicyclic amines) is 1. The molecule has 0 bridgehead atoms. The van der Waals surface area contributed by atoms with Crippen molar-refractivity contribution in [1.82, 2.24) is 14.7 Å². The van der Waals surface area contributed by atoms with Crippen molar-refractivity contribution in [3.8, 4) is 0 Å². The maximum atomic E-state index is 13.0. The van der Waals surface area contributed by atoms with Gasteiger partial charge in [0.25, 0.3) is 0 Å². The molecule has 136 valence electrons. The molecule has 3 fully saturated rings. The van der Waals surface area contributed by atoms with Crippen LogP contribution in [0.4, 0.5) is 0 Å². The van der Waals surface area contributed by atoms with E-state index in [0.717, 1.165) is 38.8 Å². The van der Waals surface area contributed by atoms with Crippen molar-refractivity contribution in [3.05, 3.63) is 0 Å². The smallest absolute Gasteiger partial charge is 0.245 e. The van der Waals surface area contributed by atoms with E-state index in [4.69, 9.17) is 0 Å². The van der Waals surface area contributed by atoms with E-state index in [0.29, 0.717) is 26.1 Å². The molecule has 2 saturated heterocycles. The van der Waals surface area contributed by atoms with Crippen molar-refractivity contribution >= 4 is 11.8 Å². The number of hydrogen-bond acceptors (Lipinski definition) is 4. The average Bonchev–Trinajstić information content (AvgIpc) is 3.16. The molecule has 6 heteroatoms. The lowest BCUT2D eigenvalue weighted by molar-refractivity contribution is -0.147. The minimum atomic E-state index is -0.316. The van der Waals surface area contributed by atoms with Gasteiger partial charge in [-0.25, -0.2) is 0 Å². The number of aliphatic hydroxyl groups is 1. The monoisotopic (exact) mass is 337 g/mol. The zero-order chi connectivity index (χ0) is 17.3. The van der Waals surface area contributed by atoms with Crippen LogP contribution in [0.2, 0.25) is 0 Å². The van der Waals surface area contributed by atoms with Gasteiger partial charge in [0.05, 0.1) is 6.10 Å². The second-order valence-corrected chi connectivity index (χ2v) is 7.81. The Bertz CT molecular complexity index is 474. The van der Waals surface area contributed by atoms with Crippen LogP contribution in [0.25, 0.3) is 0 Å². The first kappa shape index (κ1) is 17.7. The fraction of sp³-hybridized carbons (Fsp3) is 0.889. The number of rotatable bonds is 4. The van der Waals surface area contributed by atoms with Crippen LogP contribution in [0.5, 0.6) is 0 Å². The lowest BCUT2D eigenvalue weighted by Crippen LogP contribution is -2.58. The van der Waals surface area contributed by atoms with Gasteiger partial charge in [-0.05, 0) is 31.6 Å². The Morgan fingerprint density at radius 1 is 1.08 bits per heavy atom. The lowest BCUT2D eigenvalue weighted by Gasteiger charge is -2.41. The molecule has 0 radical (unpaired) electrons. The highest BCUT2D eigenvalue weighted by Crippen LogP contribution is 2.26. The molecule has 1 saturated carbocycles. The van der Waals surface area contributed by atoms with Crippen LogP contribution in [0.1, 0.15) is 46.0 Å². The van der Waals surface area contributed by atoms with Gasteiger partial charge in [-0.2, -0.15) is 0 Å². The molecule has 2 amide bonds. The van der Waals surface area contributed by atoms with Gasteiger partial charge in [-0.15, -0.1) is 0 Å². The molecule has 3 rings (SSSR count). The first-order valence-electron chi connectivity index (χ1n) is 9.49. The predicted molar refractivity (Wildman–Crippen MR) is 91.4 cm³/mol. The van der Waals surface area contributed by atoms with Crippen LogP contribution in [0.3, 0.4) is 0 Å². The fourth-order valence-electron chi connectivity index (χ4n) is 4.55. The zero-order valence-corrected chi connectivity index (χ0v) is 15.0. The van der Waals surface area contributed by atoms with Crippen LogP contribution < -0.4 is 0 Å². The number of aliphatic hydroxyl groups excluding tert-OH is 1. The molecule has 0 aromatic heterocycles.